The van der Waals surface area contributed by atoms with Gasteiger partial charge in [0.15, 0.2) is 0 Å². The highest BCUT2D eigenvalue weighted by molar-refractivity contribution is 9.10. The summed E-state index contributed by atoms with van der Waals surface area (Å²) in [5, 5.41) is 2.90. The van der Waals surface area contributed by atoms with Gasteiger partial charge in [0, 0.05) is 29.3 Å². The molecule has 0 bridgehead atoms. The van der Waals surface area contributed by atoms with Gasteiger partial charge in [-0.1, -0.05) is 12.1 Å². The Labute approximate surface area is 137 Å². The van der Waals surface area contributed by atoms with Crippen molar-refractivity contribution in [1.82, 2.24) is 4.98 Å². The number of aromatic nitrogens is 1. The van der Waals surface area contributed by atoms with Crippen molar-refractivity contribution in [2.45, 2.75) is 0 Å². The van der Waals surface area contributed by atoms with Gasteiger partial charge in [0.05, 0.1) is 18.9 Å². The van der Waals surface area contributed by atoms with Crippen molar-refractivity contribution in [3.63, 3.8) is 0 Å². The molecule has 5 nitrogen and oxygen atoms in total. The first-order valence-corrected chi connectivity index (χ1v) is 7.88. The number of carbonyl (C=O) groups is 1. The van der Waals surface area contributed by atoms with E-state index in [4.69, 9.17) is 4.74 Å². The van der Waals surface area contributed by atoms with E-state index in [1.165, 1.54) is 0 Å². The lowest BCUT2D eigenvalue weighted by atomic mass is 10.2. The van der Waals surface area contributed by atoms with Crippen molar-refractivity contribution in [3.8, 4) is 0 Å². The number of halogens is 1. The predicted molar refractivity (Wildman–Crippen MR) is 89.4 cm³/mol. The number of para-hydroxylation sites is 1. The van der Waals surface area contributed by atoms with E-state index in [9.17, 15) is 4.79 Å². The Bertz CT molecular complexity index is 672. The number of hydrogen-bond acceptors (Lipinski definition) is 4. The van der Waals surface area contributed by atoms with Crippen LogP contribution in [0.2, 0.25) is 0 Å². The second-order valence-corrected chi connectivity index (χ2v) is 5.79. The summed E-state index contributed by atoms with van der Waals surface area (Å²) >= 11 is 3.43. The molecule has 2 aromatic rings. The largest absolute Gasteiger partial charge is 0.378 e. The average Bonchev–Trinajstić information content (AvgIpc) is 2.58. The maximum atomic E-state index is 12.4. The number of pyridine rings is 1. The van der Waals surface area contributed by atoms with Crippen LogP contribution in [0.3, 0.4) is 0 Å². The van der Waals surface area contributed by atoms with Crippen LogP contribution in [-0.4, -0.2) is 37.2 Å². The highest BCUT2D eigenvalue weighted by atomic mass is 79.9. The first-order chi connectivity index (χ1) is 10.7. The molecule has 1 saturated heterocycles. The van der Waals surface area contributed by atoms with E-state index in [1.54, 1.807) is 12.3 Å². The third kappa shape index (κ3) is 3.45. The molecule has 1 N–H and O–H groups in total. The number of benzene rings is 1. The summed E-state index contributed by atoms with van der Waals surface area (Å²) in [6.45, 7) is 2.97. The van der Waals surface area contributed by atoms with Gasteiger partial charge in [0.2, 0.25) is 0 Å². The molecule has 0 radical (unpaired) electrons. The van der Waals surface area contributed by atoms with E-state index in [0.29, 0.717) is 18.8 Å². The molecule has 114 valence electrons. The van der Waals surface area contributed by atoms with Crippen molar-refractivity contribution in [2.75, 3.05) is 36.5 Å². The third-order valence-electron chi connectivity index (χ3n) is 3.46. The zero-order valence-corrected chi connectivity index (χ0v) is 13.5. The van der Waals surface area contributed by atoms with Crippen LogP contribution in [0.5, 0.6) is 0 Å². The highest BCUT2D eigenvalue weighted by Crippen LogP contribution is 2.22. The number of anilines is 2. The fraction of sp³-hybridized carbons (Fsp3) is 0.250. The molecule has 1 fully saturated rings. The average molecular weight is 362 g/mol. The van der Waals surface area contributed by atoms with E-state index >= 15 is 0 Å². The number of ether oxygens (including phenoxy) is 1. The molecule has 3 rings (SSSR count). The van der Waals surface area contributed by atoms with Crippen LogP contribution in [0.4, 0.5) is 11.5 Å². The lowest BCUT2D eigenvalue weighted by Crippen LogP contribution is -2.36. The van der Waals surface area contributed by atoms with E-state index in [2.05, 4.69) is 31.1 Å². The minimum absolute atomic E-state index is 0.149. The van der Waals surface area contributed by atoms with Crippen LogP contribution < -0.4 is 10.2 Å². The van der Waals surface area contributed by atoms with Gasteiger partial charge >= 0.3 is 0 Å². The van der Waals surface area contributed by atoms with Crippen LogP contribution in [0, 0.1) is 0 Å². The quantitative estimate of drug-likeness (QED) is 0.912. The van der Waals surface area contributed by atoms with Gasteiger partial charge in [-0.05, 0) is 40.2 Å². The molecule has 0 aliphatic carbocycles. The summed E-state index contributed by atoms with van der Waals surface area (Å²) in [4.78, 5) is 18.9. The van der Waals surface area contributed by atoms with Crippen molar-refractivity contribution in [2.24, 2.45) is 0 Å². The van der Waals surface area contributed by atoms with Crippen LogP contribution in [0.1, 0.15) is 10.4 Å². The van der Waals surface area contributed by atoms with E-state index < -0.39 is 0 Å². The minimum Gasteiger partial charge on any atom is -0.378 e. The predicted octanol–water partition coefficient (Wildman–Crippen LogP) is 2.93. The van der Waals surface area contributed by atoms with Gasteiger partial charge in [0.25, 0.3) is 5.91 Å². The summed E-state index contributed by atoms with van der Waals surface area (Å²) in [7, 11) is 0. The lowest BCUT2D eigenvalue weighted by Gasteiger charge is -2.27. The van der Waals surface area contributed by atoms with Gasteiger partial charge < -0.3 is 15.0 Å². The number of nitrogens with zero attached hydrogens (tertiary/aromatic N) is 2. The number of amides is 1. The van der Waals surface area contributed by atoms with Crippen LogP contribution >= 0.6 is 15.9 Å². The number of nitrogens with one attached hydrogen (secondary N) is 1. The molecule has 1 amide bonds. The third-order valence-corrected chi connectivity index (χ3v) is 4.16. The van der Waals surface area contributed by atoms with Gasteiger partial charge in [-0.3, -0.25) is 4.79 Å². The monoisotopic (exact) mass is 361 g/mol. The first-order valence-electron chi connectivity index (χ1n) is 7.09. The van der Waals surface area contributed by atoms with E-state index in [-0.39, 0.29) is 5.91 Å². The molecular formula is C16H16BrN3O2. The van der Waals surface area contributed by atoms with Crippen molar-refractivity contribution < 1.29 is 9.53 Å². The molecule has 1 aliphatic heterocycles. The zero-order chi connectivity index (χ0) is 15.4. The van der Waals surface area contributed by atoms with Crippen LogP contribution in [0.15, 0.2) is 47.1 Å². The molecular weight excluding hydrogens is 346 g/mol. The molecule has 0 unspecified atom stereocenters. The Morgan fingerprint density at radius 1 is 1.23 bits per heavy atom. The molecule has 1 aliphatic rings. The van der Waals surface area contributed by atoms with Crippen LogP contribution in [0.25, 0.3) is 0 Å². The first kappa shape index (κ1) is 15.0. The summed E-state index contributed by atoms with van der Waals surface area (Å²) in [6, 6.07) is 11.1. The summed E-state index contributed by atoms with van der Waals surface area (Å²) in [5.41, 5.74) is 1.34. The lowest BCUT2D eigenvalue weighted by molar-refractivity contribution is 0.102. The van der Waals surface area contributed by atoms with Gasteiger partial charge in [-0.25, -0.2) is 4.98 Å². The molecule has 1 aromatic heterocycles. The van der Waals surface area contributed by atoms with Gasteiger partial charge in [0.1, 0.15) is 5.82 Å². The topological polar surface area (TPSA) is 54.5 Å². The standard InChI is InChI=1S/C16H16BrN3O2/c17-13-3-1-2-4-14(13)19-16(21)12-5-6-18-15(11-12)20-7-9-22-10-8-20/h1-6,11H,7-10H2,(H,19,21). The van der Waals surface area contributed by atoms with E-state index in [1.807, 2.05) is 30.3 Å². The second-order valence-electron chi connectivity index (χ2n) is 4.94. The minimum atomic E-state index is -0.149. The van der Waals surface area contributed by atoms with Gasteiger partial charge in [-0.15, -0.1) is 0 Å². The summed E-state index contributed by atoms with van der Waals surface area (Å²) in [5.74, 6) is 0.659. The van der Waals surface area contributed by atoms with E-state index in [0.717, 1.165) is 29.1 Å². The zero-order valence-electron chi connectivity index (χ0n) is 12.0. The normalized spacial score (nSPS) is 14.7. The van der Waals surface area contributed by atoms with Crippen molar-refractivity contribution in [3.05, 3.63) is 52.6 Å². The van der Waals surface area contributed by atoms with Crippen molar-refractivity contribution >= 4 is 33.3 Å². The SMILES string of the molecule is O=C(Nc1ccccc1Br)c1ccnc(N2CCOCC2)c1. The number of rotatable bonds is 3. The maximum absolute atomic E-state index is 12.4. The molecule has 0 spiro atoms. The summed E-state index contributed by atoms with van der Waals surface area (Å²) < 4.78 is 6.19. The Morgan fingerprint density at radius 3 is 2.77 bits per heavy atom. The number of hydrogen-bond donors (Lipinski definition) is 1. The molecule has 1 aromatic carbocycles. The molecule has 6 heteroatoms. The van der Waals surface area contributed by atoms with Gasteiger partial charge in [-0.2, -0.15) is 0 Å². The fourth-order valence-electron chi connectivity index (χ4n) is 2.28. The Balaban J connectivity index is 1.76. The molecule has 2 heterocycles. The second kappa shape index (κ2) is 6.89. The number of morpholine rings is 1. The Hall–Kier alpha value is -1.92. The Kier molecular flexibility index (Phi) is 4.70. The highest BCUT2D eigenvalue weighted by Gasteiger charge is 2.15. The van der Waals surface area contributed by atoms with Crippen LogP contribution in [-0.2, 0) is 4.74 Å². The maximum Gasteiger partial charge on any atom is 0.255 e. The number of carbonyl (C=O) groups excluding carboxylic acids is 1. The molecule has 0 atom stereocenters. The molecule has 22 heavy (non-hydrogen) atoms. The molecule has 0 saturated carbocycles. The summed E-state index contributed by atoms with van der Waals surface area (Å²) in [6.07, 6.45) is 1.67. The van der Waals surface area contributed by atoms with Crippen molar-refractivity contribution in [1.29, 1.82) is 0 Å². The smallest absolute Gasteiger partial charge is 0.255 e. The Morgan fingerprint density at radius 2 is 2.00 bits per heavy atom. The fourth-order valence-corrected chi connectivity index (χ4v) is 2.67.